The Morgan fingerprint density at radius 3 is 2.03 bits per heavy atom. The smallest absolute Gasteiger partial charge is 0.338 e. The molecule has 1 saturated heterocycles. The molecular weight excluding hydrogens is 422 g/mol. The van der Waals surface area contributed by atoms with E-state index in [9.17, 15) is 4.79 Å². The zero-order valence-electron chi connectivity index (χ0n) is 21.2. The lowest BCUT2D eigenvalue weighted by Crippen LogP contribution is -2.52. The lowest BCUT2D eigenvalue weighted by atomic mass is 10.1. The summed E-state index contributed by atoms with van der Waals surface area (Å²) < 4.78 is 19.3. The van der Waals surface area contributed by atoms with Crippen molar-refractivity contribution >= 4 is 22.6 Å². The largest absolute Gasteiger partial charge is 0.455 e. The van der Waals surface area contributed by atoms with Crippen molar-refractivity contribution in [3.63, 3.8) is 0 Å². The minimum Gasteiger partial charge on any atom is -0.455 e. The summed E-state index contributed by atoms with van der Waals surface area (Å²) in [6.07, 6.45) is -0.562. The normalized spacial score (nSPS) is 23.1. The Bertz CT molecular complexity index is 738. The molecule has 0 amide bonds. The number of benzene rings is 1. The van der Waals surface area contributed by atoms with Crippen LogP contribution in [0.2, 0.25) is 36.3 Å². The molecule has 0 aliphatic carbocycles. The van der Waals surface area contributed by atoms with Gasteiger partial charge in [-0.05, 0) is 48.4 Å². The molecule has 0 radical (unpaired) electrons. The number of hydrogen-bond acceptors (Lipinski definition) is 5. The monoisotopic (exact) mass is 465 g/mol. The van der Waals surface area contributed by atoms with Crippen LogP contribution in [-0.2, 0) is 13.6 Å². The van der Waals surface area contributed by atoms with E-state index in [1.807, 2.05) is 18.2 Å². The van der Waals surface area contributed by atoms with Gasteiger partial charge in [-0.15, -0.1) is 0 Å². The predicted molar refractivity (Wildman–Crippen MR) is 133 cm³/mol. The first kappa shape index (κ1) is 26.3. The first-order valence-corrected chi connectivity index (χ1v) is 17.2. The van der Waals surface area contributed by atoms with Gasteiger partial charge in [-0.25, -0.2) is 4.79 Å². The second-order valence-corrected chi connectivity index (χ2v) is 21.3. The van der Waals surface area contributed by atoms with E-state index in [-0.39, 0.29) is 34.3 Å². The first-order chi connectivity index (χ1) is 14.1. The van der Waals surface area contributed by atoms with Gasteiger partial charge in [0.25, 0.3) is 0 Å². The Kier molecular flexibility index (Phi) is 8.02. The lowest BCUT2D eigenvalue weighted by molar-refractivity contribution is -0.00387. The van der Waals surface area contributed by atoms with E-state index in [2.05, 4.69) is 73.0 Å². The van der Waals surface area contributed by atoms with E-state index in [0.29, 0.717) is 18.7 Å². The Morgan fingerprint density at radius 1 is 0.968 bits per heavy atom. The number of nitrogens with one attached hydrogen (secondary N) is 1. The Morgan fingerprint density at radius 2 is 1.52 bits per heavy atom. The summed E-state index contributed by atoms with van der Waals surface area (Å²) in [7, 11) is -3.97. The van der Waals surface area contributed by atoms with Gasteiger partial charge in [0, 0.05) is 6.54 Å². The van der Waals surface area contributed by atoms with Crippen LogP contribution in [0.25, 0.3) is 0 Å². The fourth-order valence-electron chi connectivity index (χ4n) is 2.99. The molecule has 1 fully saturated rings. The van der Waals surface area contributed by atoms with Crippen LogP contribution >= 0.6 is 0 Å². The van der Waals surface area contributed by atoms with Crippen LogP contribution in [0.3, 0.4) is 0 Å². The molecule has 1 aliphatic heterocycles. The molecule has 1 aliphatic rings. The number of carbonyl (C=O) groups is 1. The van der Waals surface area contributed by atoms with Crippen molar-refractivity contribution in [1.29, 1.82) is 0 Å². The molecule has 7 heteroatoms. The van der Waals surface area contributed by atoms with Crippen LogP contribution < -0.4 is 5.32 Å². The number of carbonyl (C=O) groups excluding carboxylic acids is 1. The maximum absolute atomic E-state index is 12.7. The van der Waals surface area contributed by atoms with Gasteiger partial charge in [0.05, 0.1) is 18.2 Å². The van der Waals surface area contributed by atoms with Crippen LogP contribution in [0.4, 0.5) is 0 Å². The second kappa shape index (κ2) is 9.47. The zero-order valence-corrected chi connectivity index (χ0v) is 23.2. The summed E-state index contributed by atoms with van der Waals surface area (Å²) in [6, 6.07) is 9.16. The van der Waals surface area contributed by atoms with Crippen LogP contribution in [0.15, 0.2) is 30.3 Å². The Balaban J connectivity index is 2.20. The fourth-order valence-corrected chi connectivity index (χ4v) is 5.37. The molecule has 176 valence electrons. The molecular formula is C24H43NO4Si2. The highest BCUT2D eigenvalue weighted by molar-refractivity contribution is 6.74. The van der Waals surface area contributed by atoms with Crippen LogP contribution in [0, 0.1) is 0 Å². The highest BCUT2D eigenvalue weighted by Gasteiger charge is 2.48. The van der Waals surface area contributed by atoms with Gasteiger partial charge in [0.15, 0.2) is 16.6 Å². The van der Waals surface area contributed by atoms with Crippen molar-refractivity contribution < 1.29 is 18.4 Å². The lowest BCUT2D eigenvalue weighted by Gasteiger charge is -2.42. The molecule has 1 aromatic rings. The molecule has 31 heavy (non-hydrogen) atoms. The molecule has 0 saturated carbocycles. The van der Waals surface area contributed by atoms with Crippen molar-refractivity contribution in [2.75, 3.05) is 13.2 Å². The molecule has 5 nitrogen and oxygen atoms in total. The van der Waals surface area contributed by atoms with Crippen LogP contribution in [0.1, 0.15) is 51.9 Å². The van der Waals surface area contributed by atoms with Gasteiger partial charge in [0.2, 0.25) is 0 Å². The SMILES string of the molecule is CC(C)(C)[Si](C)(C)OC[C@H]1NC[C@@H](OC(=O)c2ccccc2)[C@@H]1O[Si](C)(C)C(C)(C)C. The molecule has 0 bridgehead atoms. The molecule has 1 N–H and O–H groups in total. The third-order valence-electron chi connectivity index (χ3n) is 7.28. The predicted octanol–water partition coefficient (Wildman–Crippen LogP) is 5.60. The van der Waals surface area contributed by atoms with Crippen molar-refractivity contribution in [2.45, 2.75) is 96.1 Å². The van der Waals surface area contributed by atoms with Crippen molar-refractivity contribution in [1.82, 2.24) is 5.32 Å². The number of rotatable bonds is 7. The number of hydrogen-bond donors (Lipinski definition) is 1. The summed E-state index contributed by atoms with van der Waals surface area (Å²) in [5, 5.41) is 3.73. The molecule has 1 aromatic carbocycles. The number of esters is 1. The van der Waals surface area contributed by atoms with Gasteiger partial charge < -0.3 is 18.9 Å². The first-order valence-electron chi connectivity index (χ1n) is 11.4. The maximum atomic E-state index is 12.7. The summed E-state index contributed by atoms with van der Waals surface area (Å²) >= 11 is 0. The molecule has 1 heterocycles. The van der Waals surface area contributed by atoms with E-state index in [1.165, 1.54) is 0 Å². The Hall–Kier alpha value is -0.996. The van der Waals surface area contributed by atoms with Crippen LogP contribution in [-0.4, -0.2) is 54.0 Å². The summed E-state index contributed by atoms with van der Waals surface area (Å²) in [5.41, 5.74) is 0.564. The van der Waals surface area contributed by atoms with Gasteiger partial charge in [0.1, 0.15) is 12.2 Å². The molecule has 0 unspecified atom stereocenters. The van der Waals surface area contributed by atoms with Gasteiger partial charge in [-0.3, -0.25) is 0 Å². The summed E-state index contributed by atoms with van der Waals surface area (Å²) in [5.74, 6) is -0.304. The average Bonchev–Trinajstić information content (AvgIpc) is 3.00. The third-order valence-corrected chi connectivity index (χ3v) is 16.3. The second-order valence-electron chi connectivity index (χ2n) is 11.7. The van der Waals surface area contributed by atoms with Crippen molar-refractivity contribution in [2.24, 2.45) is 0 Å². The molecule has 2 rings (SSSR count). The minimum absolute atomic E-state index is 0.00294. The van der Waals surface area contributed by atoms with E-state index in [1.54, 1.807) is 12.1 Å². The highest BCUT2D eigenvalue weighted by Crippen LogP contribution is 2.40. The fraction of sp³-hybridized carbons (Fsp3) is 0.708. The quantitative estimate of drug-likeness (QED) is 0.420. The minimum atomic E-state index is -2.07. The molecule has 3 atom stereocenters. The Labute approximate surface area is 191 Å². The summed E-state index contributed by atoms with van der Waals surface area (Å²) in [4.78, 5) is 12.7. The van der Waals surface area contributed by atoms with E-state index >= 15 is 0 Å². The van der Waals surface area contributed by atoms with E-state index in [0.717, 1.165) is 0 Å². The van der Waals surface area contributed by atoms with Gasteiger partial charge >= 0.3 is 5.97 Å². The van der Waals surface area contributed by atoms with Crippen LogP contribution in [0.5, 0.6) is 0 Å². The average molecular weight is 466 g/mol. The molecule has 0 aromatic heterocycles. The maximum Gasteiger partial charge on any atom is 0.338 e. The van der Waals surface area contributed by atoms with Crippen molar-refractivity contribution in [3.8, 4) is 0 Å². The summed E-state index contributed by atoms with van der Waals surface area (Å²) in [6.45, 7) is 23.6. The highest BCUT2D eigenvalue weighted by atomic mass is 28.4. The topological polar surface area (TPSA) is 56.8 Å². The standard InChI is InChI=1S/C24H43NO4Si2/c1-23(2,3)30(7,8)27-17-19-21(29-31(9,10)24(4,5)6)20(16-25-19)28-22(26)18-14-12-11-13-15-18/h11-15,19-21,25H,16-17H2,1-10H3/t19-,20-,21-/m1/s1. The van der Waals surface area contributed by atoms with Gasteiger partial charge in [-0.1, -0.05) is 59.7 Å². The van der Waals surface area contributed by atoms with E-state index in [4.69, 9.17) is 13.6 Å². The van der Waals surface area contributed by atoms with Crippen molar-refractivity contribution in [3.05, 3.63) is 35.9 Å². The third kappa shape index (κ3) is 6.51. The van der Waals surface area contributed by atoms with Gasteiger partial charge in [-0.2, -0.15) is 0 Å². The zero-order chi connectivity index (χ0) is 23.7. The number of ether oxygens (including phenoxy) is 1. The van der Waals surface area contributed by atoms with E-state index < -0.39 is 16.6 Å². The molecule has 0 spiro atoms.